The summed E-state index contributed by atoms with van der Waals surface area (Å²) in [6, 6.07) is 9.62. The molecule has 0 bridgehead atoms. The molecule has 0 amide bonds. The van der Waals surface area contributed by atoms with Crippen LogP contribution in [-0.4, -0.2) is 31.5 Å². The average Bonchev–Trinajstić information content (AvgIpc) is 2.70. The van der Waals surface area contributed by atoms with Crippen LogP contribution in [0.2, 0.25) is 0 Å². The molecule has 2 aliphatic rings. The van der Waals surface area contributed by atoms with E-state index in [0.29, 0.717) is 18.1 Å². The van der Waals surface area contributed by atoms with E-state index in [-0.39, 0.29) is 11.5 Å². The van der Waals surface area contributed by atoms with E-state index in [2.05, 4.69) is 6.08 Å². The lowest BCUT2D eigenvalue weighted by Gasteiger charge is -2.32. The van der Waals surface area contributed by atoms with Crippen LogP contribution in [0.4, 0.5) is 0 Å². The van der Waals surface area contributed by atoms with Gasteiger partial charge in [0.05, 0.1) is 26.9 Å². The van der Waals surface area contributed by atoms with Gasteiger partial charge in [0.25, 0.3) is 0 Å². The summed E-state index contributed by atoms with van der Waals surface area (Å²) < 4.78 is 22.6. The number of ether oxygens (including phenoxy) is 4. The van der Waals surface area contributed by atoms with Crippen LogP contribution in [0.1, 0.15) is 49.0 Å². The van der Waals surface area contributed by atoms with Crippen molar-refractivity contribution in [2.75, 3.05) is 20.8 Å². The van der Waals surface area contributed by atoms with Crippen molar-refractivity contribution in [1.82, 2.24) is 0 Å². The van der Waals surface area contributed by atoms with E-state index in [1.807, 2.05) is 50.3 Å². The summed E-state index contributed by atoms with van der Waals surface area (Å²) in [6.07, 6.45) is 4.15. The second kappa shape index (κ2) is 7.06. The van der Waals surface area contributed by atoms with Crippen molar-refractivity contribution in [2.24, 2.45) is 0 Å². The second-order valence-corrected chi connectivity index (χ2v) is 7.77. The zero-order chi connectivity index (χ0) is 19.9. The molecule has 1 N–H and O–H groups in total. The molecule has 0 fully saturated rings. The first-order valence-corrected chi connectivity index (χ1v) is 9.51. The lowest BCUT2D eigenvalue weighted by Crippen LogP contribution is -2.27. The van der Waals surface area contributed by atoms with Crippen molar-refractivity contribution in [1.29, 1.82) is 0 Å². The van der Waals surface area contributed by atoms with E-state index in [9.17, 15) is 5.11 Å². The van der Waals surface area contributed by atoms with Crippen molar-refractivity contribution in [2.45, 2.75) is 37.9 Å². The molecule has 5 heteroatoms. The first kappa shape index (κ1) is 18.7. The fourth-order valence-electron chi connectivity index (χ4n) is 3.88. The Kier molecular flexibility index (Phi) is 4.71. The van der Waals surface area contributed by atoms with Crippen molar-refractivity contribution in [3.63, 3.8) is 0 Å². The third-order valence-corrected chi connectivity index (χ3v) is 5.40. The van der Waals surface area contributed by atoms with Gasteiger partial charge in [0.1, 0.15) is 17.1 Å². The van der Waals surface area contributed by atoms with Gasteiger partial charge < -0.3 is 24.1 Å². The van der Waals surface area contributed by atoms with Crippen LogP contribution < -0.4 is 18.9 Å². The van der Waals surface area contributed by atoms with E-state index in [4.69, 9.17) is 18.9 Å². The molecule has 2 aliphatic heterocycles. The first-order valence-electron chi connectivity index (χ1n) is 9.51. The van der Waals surface area contributed by atoms with E-state index < -0.39 is 6.10 Å². The number of benzene rings is 2. The fraction of sp³-hybridized carbons (Fsp3) is 0.391. The SMILES string of the molecule is COc1cc2c(cc1OC)C(C(O)c1ccc3c(c1)C=CC(C)(C)O3)CCO2. The predicted molar refractivity (Wildman–Crippen MR) is 108 cm³/mol. The zero-order valence-corrected chi connectivity index (χ0v) is 16.7. The summed E-state index contributed by atoms with van der Waals surface area (Å²) in [4.78, 5) is 0. The highest BCUT2D eigenvalue weighted by Crippen LogP contribution is 2.46. The van der Waals surface area contributed by atoms with Gasteiger partial charge in [-0.3, -0.25) is 0 Å². The summed E-state index contributed by atoms with van der Waals surface area (Å²) in [5.74, 6) is 2.73. The van der Waals surface area contributed by atoms with Crippen molar-refractivity contribution in [3.8, 4) is 23.0 Å². The molecule has 2 aromatic carbocycles. The smallest absolute Gasteiger partial charge is 0.164 e. The highest BCUT2D eigenvalue weighted by Gasteiger charge is 2.31. The van der Waals surface area contributed by atoms with Gasteiger partial charge in [0.2, 0.25) is 0 Å². The Bertz CT molecular complexity index is 915. The summed E-state index contributed by atoms with van der Waals surface area (Å²) in [6.45, 7) is 4.60. The number of hydrogen-bond donors (Lipinski definition) is 1. The minimum atomic E-state index is -0.658. The maximum absolute atomic E-state index is 11.2. The lowest BCUT2D eigenvalue weighted by molar-refractivity contribution is 0.116. The van der Waals surface area contributed by atoms with Crippen LogP contribution in [-0.2, 0) is 0 Å². The topological polar surface area (TPSA) is 57.2 Å². The Hall–Kier alpha value is -2.66. The number of aliphatic hydroxyl groups is 1. The molecule has 28 heavy (non-hydrogen) atoms. The molecule has 148 valence electrons. The van der Waals surface area contributed by atoms with Gasteiger partial charge in [-0.2, -0.15) is 0 Å². The van der Waals surface area contributed by atoms with E-state index in [1.165, 1.54) is 0 Å². The van der Waals surface area contributed by atoms with Gasteiger partial charge in [0.15, 0.2) is 11.5 Å². The summed E-state index contributed by atoms with van der Waals surface area (Å²) >= 11 is 0. The highest BCUT2D eigenvalue weighted by molar-refractivity contribution is 5.62. The van der Waals surface area contributed by atoms with Crippen LogP contribution in [0.25, 0.3) is 6.08 Å². The monoisotopic (exact) mass is 382 g/mol. The molecule has 0 aromatic heterocycles. The van der Waals surface area contributed by atoms with Crippen molar-refractivity contribution >= 4 is 6.08 Å². The predicted octanol–water partition coefficient (Wildman–Crippen LogP) is 4.49. The van der Waals surface area contributed by atoms with Gasteiger partial charge in [-0.05, 0) is 50.1 Å². The van der Waals surface area contributed by atoms with Crippen molar-refractivity contribution in [3.05, 3.63) is 53.1 Å². The van der Waals surface area contributed by atoms with Gasteiger partial charge in [0, 0.05) is 23.1 Å². The Morgan fingerprint density at radius 3 is 2.57 bits per heavy atom. The minimum Gasteiger partial charge on any atom is -0.493 e. The molecular weight excluding hydrogens is 356 g/mol. The molecule has 0 saturated heterocycles. The molecule has 0 radical (unpaired) electrons. The molecule has 2 heterocycles. The van der Waals surface area contributed by atoms with E-state index in [0.717, 1.165) is 34.6 Å². The largest absolute Gasteiger partial charge is 0.493 e. The van der Waals surface area contributed by atoms with Crippen LogP contribution in [0.3, 0.4) is 0 Å². The Morgan fingerprint density at radius 2 is 1.82 bits per heavy atom. The average molecular weight is 382 g/mol. The van der Waals surface area contributed by atoms with E-state index >= 15 is 0 Å². The van der Waals surface area contributed by atoms with Crippen LogP contribution in [0.15, 0.2) is 36.4 Å². The Labute approximate surface area is 165 Å². The molecule has 5 nitrogen and oxygen atoms in total. The quantitative estimate of drug-likeness (QED) is 0.844. The normalized spacial score (nSPS) is 20.2. The lowest BCUT2D eigenvalue weighted by atomic mass is 9.84. The Morgan fingerprint density at radius 1 is 1.07 bits per heavy atom. The Balaban J connectivity index is 1.68. The van der Waals surface area contributed by atoms with Gasteiger partial charge in [-0.15, -0.1) is 0 Å². The maximum atomic E-state index is 11.2. The number of hydrogen-bond acceptors (Lipinski definition) is 5. The summed E-state index contributed by atoms with van der Waals surface area (Å²) in [5, 5.41) is 11.2. The van der Waals surface area contributed by atoms with Crippen LogP contribution in [0.5, 0.6) is 23.0 Å². The number of fused-ring (bicyclic) bond motifs is 2. The first-order chi connectivity index (χ1) is 13.4. The number of methoxy groups -OCH3 is 2. The van der Waals surface area contributed by atoms with Gasteiger partial charge >= 0.3 is 0 Å². The molecule has 2 aromatic rings. The number of aliphatic hydroxyl groups excluding tert-OH is 1. The maximum Gasteiger partial charge on any atom is 0.164 e. The fourth-order valence-corrected chi connectivity index (χ4v) is 3.88. The molecule has 0 aliphatic carbocycles. The summed E-state index contributed by atoms with van der Waals surface area (Å²) in [5.41, 5.74) is 2.46. The highest BCUT2D eigenvalue weighted by atomic mass is 16.5. The van der Waals surface area contributed by atoms with Gasteiger partial charge in [-0.25, -0.2) is 0 Å². The van der Waals surface area contributed by atoms with Crippen molar-refractivity contribution < 1.29 is 24.1 Å². The third kappa shape index (κ3) is 3.31. The van der Waals surface area contributed by atoms with Crippen LogP contribution >= 0.6 is 0 Å². The van der Waals surface area contributed by atoms with Gasteiger partial charge in [-0.1, -0.05) is 12.1 Å². The zero-order valence-electron chi connectivity index (χ0n) is 16.7. The standard InChI is InChI=1S/C23H26O5/c1-23(2)9-7-14-11-15(5-6-18(14)28-23)22(24)16-8-10-27-19-13-21(26-4)20(25-3)12-17(16)19/h5-7,9,11-13,16,22,24H,8,10H2,1-4H3. The van der Waals surface area contributed by atoms with Crippen LogP contribution in [0, 0.1) is 0 Å². The molecule has 4 rings (SSSR count). The molecule has 0 saturated carbocycles. The number of rotatable bonds is 4. The minimum absolute atomic E-state index is 0.0912. The second-order valence-electron chi connectivity index (χ2n) is 7.77. The molecule has 2 atom stereocenters. The third-order valence-electron chi connectivity index (χ3n) is 5.40. The molecule has 0 spiro atoms. The molecule has 2 unspecified atom stereocenters. The molecular formula is C23H26O5. The van der Waals surface area contributed by atoms with E-state index in [1.54, 1.807) is 14.2 Å². The summed E-state index contributed by atoms with van der Waals surface area (Å²) in [7, 11) is 3.21.